The van der Waals surface area contributed by atoms with Gasteiger partial charge in [-0.1, -0.05) is 11.6 Å². The molecule has 1 aromatic heterocycles. The van der Waals surface area contributed by atoms with Crippen LogP contribution in [0.15, 0.2) is 45.1 Å². The molecule has 9 heteroatoms. The van der Waals surface area contributed by atoms with Crippen LogP contribution in [0.2, 0.25) is 5.02 Å². The van der Waals surface area contributed by atoms with Crippen LogP contribution in [0, 0.1) is 0 Å². The highest BCUT2D eigenvalue weighted by atomic mass is 79.9. The van der Waals surface area contributed by atoms with Gasteiger partial charge in [0.05, 0.1) is 13.6 Å². The molecule has 1 aliphatic heterocycles. The van der Waals surface area contributed by atoms with E-state index in [9.17, 15) is 13.2 Å². The second-order valence-electron chi connectivity index (χ2n) is 5.98. The van der Waals surface area contributed by atoms with Gasteiger partial charge in [-0.2, -0.15) is 4.31 Å². The van der Waals surface area contributed by atoms with Gasteiger partial charge in [-0.25, -0.2) is 8.42 Å². The minimum absolute atomic E-state index is 0.122. The van der Waals surface area contributed by atoms with Crippen molar-refractivity contribution in [3.05, 3.63) is 50.1 Å². The van der Waals surface area contributed by atoms with E-state index in [0.29, 0.717) is 44.2 Å². The summed E-state index contributed by atoms with van der Waals surface area (Å²) >= 11 is 10.6. The Hall–Kier alpha value is -0.770. The molecule has 3 rings (SSSR count). The maximum atomic E-state index is 12.7. The number of rotatable bonds is 6. The highest BCUT2D eigenvalue weighted by molar-refractivity contribution is 9.11. The van der Waals surface area contributed by atoms with Crippen molar-refractivity contribution in [1.29, 1.82) is 0 Å². The zero-order chi connectivity index (χ0) is 18.7. The number of carbonyl (C=O) groups excluding carboxylic acids is 1. The first-order valence-corrected chi connectivity index (χ1v) is 11.6. The van der Waals surface area contributed by atoms with E-state index in [4.69, 9.17) is 11.6 Å². The van der Waals surface area contributed by atoms with Gasteiger partial charge in [0, 0.05) is 44.2 Å². The standard InChI is InChI=1S/C17H18BrClN2O3S2/c18-17-6-5-16(25-17)15(22)7-8-20-9-11-21(12-10-20)26(23,24)14-3-1-13(19)2-4-14/h1-6H,7-12H2. The molecule has 0 radical (unpaired) electrons. The number of carbonyl (C=O) groups is 1. The highest BCUT2D eigenvalue weighted by Gasteiger charge is 2.28. The number of nitrogens with zero attached hydrogens (tertiary/aromatic N) is 2. The van der Waals surface area contributed by atoms with E-state index in [0.717, 1.165) is 8.66 Å². The lowest BCUT2D eigenvalue weighted by Crippen LogP contribution is -2.48. The summed E-state index contributed by atoms with van der Waals surface area (Å²) in [6, 6.07) is 9.92. The fourth-order valence-electron chi connectivity index (χ4n) is 2.80. The molecule has 1 aliphatic rings. The maximum Gasteiger partial charge on any atom is 0.243 e. The minimum atomic E-state index is -3.50. The predicted octanol–water partition coefficient (Wildman–Crippen LogP) is 3.74. The smallest absolute Gasteiger partial charge is 0.243 e. The summed E-state index contributed by atoms with van der Waals surface area (Å²) < 4.78 is 27.8. The molecule has 26 heavy (non-hydrogen) atoms. The summed E-state index contributed by atoms with van der Waals surface area (Å²) in [4.78, 5) is 15.3. The van der Waals surface area contributed by atoms with Crippen LogP contribution in [0.4, 0.5) is 0 Å². The Bertz CT molecular complexity index is 876. The van der Waals surface area contributed by atoms with Crippen LogP contribution < -0.4 is 0 Å². The number of hydrogen-bond acceptors (Lipinski definition) is 5. The lowest BCUT2D eigenvalue weighted by Gasteiger charge is -2.33. The normalized spacial score (nSPS) is 16.7. The average Bonchev–Trinajstić information content (AvgIpc) is 3.07. The second-order valence-corrected chi connectivity index (χ2v) is 10.8. The van der Waals surface area contributed by atoms with Gasteiger partial charge in [0.15, 0.2) is 5.78 Å². The van der Waals surface area contributed by atoms with Gasteiger partial charge in [-0.15, -0.1) is 11.3 Å². The Balaban J connectivity index is 1.52. The van der Waals surface area contributed by atoms with Crippen molar-refractivity contribution in [2.24, 2.45) is 0 Å². The molecule has 1 aromatic carbocycles. The third-order valence-electron chi connectivity index (χ3n) is 4.29. The molecular weight excluding hydrogens is 460 g/mol. The van der Waals surface area contributed by atoms with E-state index in [-0.39, 0.29) is 10.7 Å². The highest BCUT2D eigenvalue weighted by Crippen LogP contribution is 2.24. The van der Waals surface area contributed by atoms with Crippen molar-refractivity contribution < 1.29 is 13.2 Å². The van der Waals surface area contributed by atoms with Crippen LogP contribution in [0.1, 0.15) is 16.1 Å². The van der Waals surface area contributed by atoms with Crippen molar-refractivity contribution >= 4 is 54.7 Å². The van der Waals surface area contributed by atoms with E-state index in [2.05, 4.69) is 20.8 Å². The van der Waals surface area contributed by atoms with E-state index in [1.807, 2.05) is 12.1 Å². The molecule has 0 N–H and O–H groups in total. The van der Waals surface area contributed by atoms with Gasteiger partial charge >= 0.3 is 0 Å². The van der Waals surface area contributed by atoms with Crippen LogP contribution in [0.5, 0.6) is 0 Å². The molecule has 0 unspecified atom stereocenters. The second kappa shape index (κ2) is 8.50. The van der Waals surface area contributed by atoms with Crippen molar-refractivity contribution in [1.82, 2.24) is 9.21 Å². The molecule has 0 aliphatic carbocycles. The SMILES string of the molecule is O=C(CCN1CCN(S(=O)(=O)c2ccc(Cl)cc2)CC1)c1ccc(Br)s1. The predicted molar refractivity (Wildman–Crippen MR) is 108 cm³/mol. The molecule has 1 fully saturated rings. The number of Topliss-reactive ketones (excluding diaryl/α,β-unsaturated/α-hetero) is 1. The Kier molecular flexibility index (Phi) is 6.53. The van der Waals surface area contributed by atoms with Crippen molar-refractivity contribution in [2.45, 2.75) is 11.3 Å². The van der Waals surface area contributed by atoms with Crippen molar-refractivity contribution in [3.8, 4) is 0 Å². The summed E-state index contributed by atoms with van der Waals surface area (Å²) in [6.07, 6.45) is 0.441. The molecule has 0 amide bonds. The fourth-order valence-corrected chi connectivity index (χ4v) is 5.70. The van der Waals surface area contributed by atoms with Crippen LogP contribution in [-0.4, -0.2) is 56.1 Å². The van der Waals surface area contributed by atoms with Crippen LogP contribution in [0.3, 0.4) is 0 Å². The summed E-state index contributed by atoms with van der Waals surface area (Å²) in [6.45, 7) is 2.72. The fraction of sp³-hybridized carbons (Fsp3) is 0.353. The monoisotopic (exact) mass is 476 g/mol. The molecule has 0 saturated carbocycles. The zero-order valence-corrected chi connectivity index (χ0v) is 17.9. The Morgan fingerprint density at radius 2 is 1.73 bits per heavy atom. The lowest BCUT2D eigenvalue weighted by molar-refractivity contribution is 0.0956. The maximum absolute atomic E-state index is 12.7. The van der Waals surface area contributed by atoms with E-state index >= 15 is 0 Å². The van der Waals surface area contributed by atoms with Crippen LogP contribution in [0.25, 0.3) is 0 Å². The van der Waals surface area contributed by atoms with E-state index < -0.39 is 10.0 Å². The third kappa shape index (κ3) is 4.74. The number of hydrogen-bond donors (Lipinski definition) is 0. The lowest BCUT2D eigenvalue weighted by atomic mass is 10.2. The Morgan fingerprint density at radius 1 is 1.08 bits per heavy atom. The van der Waals surface area contributed by atoms with Gasteiger partial charge < -0.3 is 4.90 Å². The first kappa shape index (κ1) is 20.0. The number of benzene rings is 1. The van der Waals surface area contributed by atoms with E-state index in [1.54, 1.807) is 12.1 Å². The molecule has 2 heterocycles. The molecule has 0 atom stereocenters. The average molecular weight is 478 g/mol. The van der Waals surface area contributed by atoms with Gasteiger partial charge in [0.25, 0.3) is 0 Å². The van der Waals surface area contributed by atoms with Crippen molar-refractivity contribution in [2.75, 3.05) is 32.7 Å². The number of piperazine rings is 1. The van der Waals surface area contributed by atoms with Gasteiger partial charge in [0.2, 0.25) is 10.0 Å². The molecule has 0 bridgehead atoms. The van der Waals surface area contributed by atoms with Gasteiger partial charge in [-0.05, 0) is 52.3 Å². The molecule has 1 saturated heterocycles. The van der Waals surface area contributed by atoms with E-state index in [1.165, 1.54) is 27.8 Å². The number of halogens is 2. The first-order valence-electron chi connectivity index (χ1n) is 8.13. The van der Waals surface area contributed by atoms with Crippen LogP contribution >= 0.6 is 38.9 Å². The Morgan fingerprint density at radius 3 is 2.31 bits per heavy atom. The number of ketones is 1. The van der Waals surface area contributed by atoms with Gasteiger partial charge in [0.1, 0.15) is 0 Å². The number of sulfonamides is 1. The topological polar surface area (TPSA) is 57.7 Å². The minimum Gasteiger partial charge on any atom is -0.300 e. The van der Waals surface area contributed by atoms with Crippen LogP contribution in [-0.2, 0) is 10.0 Å². The molecule has 140 valence electrons. The first-order chi connectivity index (χ1) is 12.4. The number of thiophene rings is 1. The molecular formula is C17H18BrClN2O3S2. The summed E-state index contributed by atoms with van der Waals surface area (Å²) in [5.74, 6) is 0.122. The molecule has 5 nitrogen and oxygen atoms in total. The third-order valence-corrected chi connectivity index (χ3v) is 8.12. The quantitative estimate of drug-likeness (QED) is 0.595. The summed E-state index contributed by atoms with van der Waals surface area (Å²) in [5, 5.41) is 0.510. The van der Waals surface area contributed by atoms with Crippen molar-refractivity contribution in [3.63, 3.8) is 0 Å². The summed E-state index contributed by atoms with van der Waals surface area (Å²) in [5.41, 5.74) is 0. The molecule has 2 aromatic rings. The largest absolute Gasteiger partial charge is 0.300 e. The molecule has 0 spiro atoms. The zero-order valence-electron chi connectivity index (χ0n) is 13.9. The summed E-state index contributed by atoms with van der Waals surface area (Å²) in [7, 11) is -3.50. The van der Waals surface area contributed by atoms with Gasteiger partial charge in [-0.3, -0.25) is 4.79 Å². The Labute approximate surface area is 170 Å².